The van der Waals surface area contributed by atoms with E-state index in [1.807, 2.05) is 86.6 Å². The molecule has 0 aliphatic rings. The van der Waals surface area contributed by atoms with Crippen LogP contribution in [0.25, 0.3) is 11.0 Å². The Bertz CT molecular complexity index is 1290. The third-order valence-electron chi connectivity index (χ3n) is 5.63. The second-order valence-electron chi connectivity index (χ2n) is 7.96. The van der Waals surface area contributed by atoms with Crippen molar-refractivity contribution in [3.05, 3.63) is 95.2 Å². The molecule has 1 N–H and O–H groups in total. The quantitative estimate of drug-likeness (QED) is 0.419. The second-order valence-corrected chi connectivity index (χ2v) is 7.96. The first-order valence-corrected chi connectivity index (χ1v) is 10.7. The van der Waals surface area contributed by atoms with Crippen molar-refractivity contribution in [2.75, 3.05) is 18.9 Å². The molecular formula is C27H26N2O4. The van der Waals surface area contributed by atoms with Gasteiger partial charge < -0.3 is 19.4 Å². The van der Waals surface area contributed by atoms with Crippen molar-refractivity contribution in [1.29, 1.82) is 0 Å². The first kappa shape index (κ1) is 22.1. The van der Waals surface area contributed by atoms with Crippen LogP contribution in [0.2, 0.25) is 0 Å². The molecule has 0 fully saturated rings. The molecule has 6 heteroatoms. The maximum Gasteiger partial charge on any atom is 0.290 e. The number of carbonyl (C=O) groups is 2. The number of carbonyl (C=O) groups excluding carboxylic acids is 2. The first-order chi connectivity index (χ1) is 15.9. The van der Waals surface area contributed by atoms with E-state index in [9.17, 15) is 9.59 Å². The van der Waals surface area contributed by atoms with Gasteiger partial charge in [-0.2, -0.15) is 0 Å². The summed E-state index contributed by atoms with van der Waals surface area (Å²) in [6.07, 6.45) is 0. The highest BCUT2D eigenvalue weighted by Gasteiger charge is 2.25. The number of benzene rings is 3. The summed E-state index contributed by atoms with van der Waals surface area (Å²) in [5.74, 6) is 0.211. The number of rotatable bonds is 7. The van der Waals surface area contributed by atoms with Gasteiger partial charge in [-0.3, -0.25) is 9.59 Å². The average Bonchev–Trinajstić information content (AvgIpc) is 3.19. The summed E-state index contributed by atoms with van der Waals surface area (Å²) in [5, 5.41) is 3.70. The number of para-hydroxylation sites is 2. The van der Waals surface area contributed by atoms with Gasteiger partial charge in [0, 0.05) is 23.7 Å². The van der Waals surface area contributed by atoms with Gasteiger partial charge in [0.15, 0.2) is 5.76 Å². The number of hydrogen-bond acceptors (Lipinski definition) is 4. The van der Waals surface area contributed by atoms with Gasteiger partial charge >= 0.3 is 0 Å². The van der Waals surface area contributed by atoms with Crippen LogP contribution in [0.5, 0.6) is 5.75 Å². The molecule has 0 aliphatic carbocycles. The van der Waals surface area contributed by atoms with Crippen LogP contribution in [-0.4, -0.2) is 30.3 Å². The predicted octanol–water partition coefficient (Wildman–Crippen LogP) is 5.34. The molecule has 1 heterocycles. The molecule has 0 aliphatic heterocycles. The molecule has 0 spiro atoms. The Morgan fingerprint density at radius 3 is 2.45 bits per heavy atom. The van der Waals surface area contributed by atoms with Crippen LogP contribution in [0, 0.1) is 13.8 Å². The highest BCUT2D eigenvalue weighted by molar-refractivity contribution is 6.02. The zero-order valence-corrected chi connectivity index (χ0v) is 18.9. The molecule has 33 heavy (non-hydrogen) atoms. The van der Waals surface area contributed by atoms with Gasteiger partial charge in [-0.25, -0.2) is 0 Å². The highest BCUT2D eigenvalue weighted by Crippen LogP contribution is 2.28. The summed E-state index contributed by atoms with van der Waals surface area (Å²) in [7, 11) is 1.58. The number of amides is 2. The number of hydrogen-bond donors (Lipinski definition) is 1. The molecule has 6 nitrogen and oxygen atoms in total. The lowest BCUT2D eigenvalue weighted by atomic mass is 10.1. The molecule has 168 valence electrons. The monoisotopic (exact) mass is 442 g/mol. The van der Waals surface area contributed by atoms with Crippen LogP contribution in [0.15, 0.2) is 77.2 Å². The maximum absolute atomic E-state index is 13.3. The van der Waals surface area contributed by atoms with Crippen molar-refractivity contribution < 1.29 is 18.7 Å². The van der Waals surface area contributed by atoms with Crippen molar-refractivity contribution in [1.82, 2.24) is 4.90 Å². The van der Waals surface area contributed by atoms with E-state index in [1.165, 1.54) is 4.90 Å². The lowest BCUT2D eigenvalue weighted by Gasteiger charge is -2.17. The summed E-state index contributed by atoms with van der Waals surface area (Å²) in [4.78, 5) is 27.2. The third-order valence-corrected chi connectivity index (χ3v) is 5.63. The predicted molar refractivity (Wildman–Crippen MR) is 128 cm³/mol. The Kier molecular flexibility index (Phi) is 6.45. The second kappa shape index (κ2) is 9.61. The normalized spacial score (nSPS) is 10.8. The lowest BCUT2D eigenvalue weighted by molar-refractivity contribution is -0.116. The minimum Gasteiger partial charge on any atom is -0.489 e. The van der Waals surface area contributed by atoms with Crippen LogP contribution in [0.3, 0.4) is 0 Å². The van der Waals surface area contributed by atoms with E-state index >= 15 is 0 Å². The molecule has 0 bridgehead atoms. The Balaban J connectivity index is 1.53. The van der Waals surface area contributed by atoms with Crippen molar-refractivity contribution in [3.8, 4) is 5.75 Å². The fourth-order valence-corrected chi connectivity index (χ4v) is 3.62. The van der Waals surface area contributed by atoms with Crippen molar-refractivity contribution in [3.63, 3.8) is 0 Å². The number of nitrogens with zero attached hydrogens (tertiary/aromatic N) is 1. The maximum atomic E-state index is 13.3. The number of likely N-dealkylation sites (N-methyl/N-ethyl adjacent to an activating group) is 1. The van der Waals surface area contributed by atoms with E-state index in [0.29, 0.717) is 16.9 Å². The van der Waals surface area contributed by atoms with Crippen molar-refractivity contribution >= 4 is 28.5 Å². The number of anilines is 1. The minimum atomic E-state index is -0.381. The van der Waals surface area contributed by atoms with E-state index in [-0.39, 0.29) is 30.7 Å². The SMILES string of the molecule is Cc1cccc(NC(=O)CN(C)C(=O)c2oc3ccccc3c2COc2ccccc2)c1C. The standard InChI is InChI=1S/C27H26N2O4/c1-18-10-9-14-23(19(18)2)28-25(30)16-29(3)27(31)26-22(17-32-20-11-5-4-6-12-20)21-13-7-8-15-24(21)33-26/h4-15H,16-17H2,1-3H3,(H,28,30). The van der Waals surface area contributed by atoms with E-state index in [0.717, 1.165) is 22.2 Å². The number of furan rings is 1. The van der Waals surface area contributed by atoms with Crippen LogP contribution in [-0.2, 0) is 11.4 Å². The van der Waals surface area contributed by atoms with Crippen molar-refractivity contribution in [2.24, 2.45) is 0 Å². The topological polar surface area (TPSA) is 71.8 Å². The molecular weight excluding hydrogens is 416 g/mol. The summed E-state index contributed by atoms with van der Waals surface area (Å²) >= 11 is 0. The zero-order valence-electron chi connectivity index (χ0n) is 18.9. The lowest BCUT2D eigenvalue weighted by Crippen LogP contribution is -2.35. The van der Waals surface area contributed by atoms with Gasteiger partial charge in [0.1, 0.15) is 17.9 Å². The number of aryl methyl sites for hydroxylation is 1. The molecule has 0 saturated carbocycles. The minimum absolute atomic E-state index is 0.109. The van der Waals surface area contributed by atoms with Gasteiger partial charge in [0.05, 0.1) is 6.54 Å². The largest absolute Gasteiger partial charge is 0.489 e. The van der Waals surface area contributed by atoms with Gasteiger partial charge in [-0.15, -0.1) is 0 Å². The smallest absolute Gasteiger partial charge is 0.290 e. The van der Waals surface area contributed by atoms with Crippen molar-refractivity contribution in [2.45, 2.75) is 20.5 Å². The number of nitrogens with one attached hydrogen (secondary N) is 1. The number of fused-ring (bicyclic) bond motifs is 1. The molecule has 4 aromatic rings. The average molecular weight is 443 g/mol. The van der Waals surface area contributed by atoms with Gasteiger partial charge in [-0.05, 0) is 49.2 Å². The molecule has 1 aromatic heterocycles. The molecule has 0 radical (unpaired) electrons. The third kappa shape index (κ3) is 4.90. The van der Waals surface area contributed by atoms with Crippen LogP contribution in [0.4, 0.5) is 5.69 Å². The molecule has 0 saturated heterocycles. The Hall–Kier alpha value is -4.06. The van der Waals surface area contributed by atoms with E-state index < -0.39 is 0 Å². The zero-order chi connectivity index (χ0) is 23.4. The number of ether oxygens (including phenoxy) is 1. The Morgan fingerprint density at radius 2 is 1.67 bits per heavy atom. The summed E-state index contributed by atoms with van der Waals surface area (Å²) < 4.78 is 11.8. The van der Waals surface area contributed by atoms with E-state index in [4.69, 9.17) is 9.15 Å². The highest BCUT2D eigenvalue weighted by atomic mass is 16.5. The first-order valence-electron chi connectivity index (χ1n) is 10.7. The summed E-state index contributed by atoms with van der Waals surface area (Å²) in [6, 6.07) is 22.6. The van der Waals surface area contributed by atoms with Crippen LogP contribution < -0.4 is 10.1 Å². The fourth-order valence-electron chi connectivity index (χ4n) is 3.62. The Labute approximate surface area is 192 Å². The van der Waals surface area contributed by atoms with Crippen LogP contribution in [0.1, 0.15) is 27.2 Å². The molecule has 4 rings (SSSR count). The van der Waals surface area contributed by atoms with E-state index in [2.05, 4.69) is 5.32 Å². The molecule has 0 atom stereocenters. The van der Waals surface area contributed by atoms with Gasteiger partial charge in [0.25, 0.3) is 5.91 Å². The van der Waals surface area contributed by atoms with Crippen LogP contribution >= 0.6 is 0 Å². The molecule has 3 aromatic carbocycles. The molecule has 2 amide bonds. The van der Waals surface area contributed by atoms with Gasteiger partial charge in [-0.1, -0.05) is 48.5 Å². The van der Waals surface area contributed by atoms with E-state index in [1.54, 1.807) is 7.05 Å². The summed E-state index contributed by atoms with van der Waals surface area (Å²) in [6.45, 7) is 4.00. The van der Waals surface area contributed by atoms with Gasteiger partial charge in [0.2, 0.25) is 5.91 Å². The Morgan fingerprint density at radius 1 is 0.939 bits per heavy atom. The summed E-state index contributed by atoms with van der Waals surface area (Å²) in [5.41, 5.74) is 4.07. The molecule has 0 unspecified atom stereocenters. The fraction of sp³-hybridized carbons (Fsp3) is 0.185.